The highest BCUT2D eigenvalue weighted by atomic mass is 16.5. The molecule has 0 fully saturated rings. The second kappa shape index (κ2) is 7.85. The largest absolute Gasteiger partial charge is 0.497 e. The molecule has 0 saturated heterocycles. The molecule has 1 aromatic carbocycles. The van der Waals surface area contributed by atoms with Crippen molar-refractivity contribution in [2.75, 3.05) is 20.7 Å². The standard InChI is InChI=1S/C20H23N5O3/c1-24-7-4-8-25-15(13-24)10-19(22-25)20(26)21-12-17-11-18(23-28-17)14-5-3-6-16(9-14)27-2/h3,5-6,9-11H,4,7-8,12-13H2,1-2H3,(H,21,26). The monoisotopic (exact) mass is 381 g/mol. The number of nitrogens with zero attached hydrogens (tertiary/aromatic N) is 4. The van der Waals surface area contributed by atoms with Crippen molar-refractivity contribution in [3.63, 3.8) is 0 Å². The molecule has 146 valence electrons. The van der Waals surface area contributed by atoms with Gasteiger partial charge in [0.1, 0.15) is 11.4 Å². The van der Waals surface area contributed by atoms with Crippen LogP contribution in [0.5, 0.6) is 5.75 Å². The van der Waals surface area contributed by atoms with E-state index in [1.54, 1.807) is 7.11 Å². The number of fused-ring (bicyclic) bond motifs is 1. The highest BCUT2D eigenvalue weighted by molar-refractivity contribution is 5.92. The Labute approximate surface area is 163 Å². The highest BCUT2D eigenvalue weighted by Gasteiger charge is 2.18. The van der Waals surface area contributed by atoms with Gasteiger partial charge in [-0.1, -0.05) is 17.3 Å². The molecule has 8 heteroatoms. The molecule has 4 rings (SSSR count). The van der Waals surface area contributed by atoms with E-state index in [-0.39, 0.29) is 12.5 Å². The molecule has 1 amide bonds. The topological polar surface area (TPSA) is 85.4 Å². The molecule has 3 aromatic rings. The van der Waals surface area contributed by atoms with Crippen LogP contribution >= 0.6 is 0 Å². The Morgan fingerprint density at radius 2 is 2.18 bits per heavy atom. The summed E-state index contributed by atoms with van der Waals surface area (Å²) in [6.45, 7) is 2.91. The molecule has 2 aromatic heterocycles. The van der Waals surface area contributed by atoms with Crippen LogP contribution < -0.4 is 10.1 Å². The number of aryl methyl sites for hydroxylation is 1. The first-order valence-corrected chi connectivity index (χ1v) is 9.26. The van der Waals surface area contributed by atoms with Crippen LogP contribution in [0.1, 0.15) is 28.4 Å². The molecular weight excluding hydrogens is 358 g/mol. The second-order valence-corrected chi connectivity index (χ2v) is 6.93. The van der Waals surface area contributed by atoms with Crippen molar-refractivity contribution in [2.45, 2.75) is 26.1 Å². The van der Waals surface area contributed by atoms with Crippen LogP contribution in [0.15, 0.2) is 40.9 Å². The van der Waals surface area contributed by atoms with Crippen LogP contribution in [0.25, 0.3) is 11.3 Å². The minimum Gasteiger partial charge on any atom is -0.497 e. The molecule has 3 heterocycles. The number of rotatable bonds is 5. The summed E-state index contributed by atoms with van der Waals surface area (Å²) < 4.78 is 12.5. The van der Waals surface area contributed by atoms with Crippen LogP contribution in [0, 0.1) is 0 Å². The summed E-state index contributed by atoms with van der Waals surface area (Å²) in [5.41, 5.74) is 3.07. The smallest absolute Gasteiger partial charge is 0.272 e. The summed E-state index contributed by atoms with van der Waals surface area (Å²) in [5.74, 6) is 1.11. The number of methoxy groups -OCH3 is 1. The number of carbonyl (C=O) groups excluding carboxylic acids is 1. The van der Waals surface area contributed by atoms with Gasteiger partial charge in [0.05, 0.1) is 19.3 Å². The van der Waals surface area contributed by atoms with Gasteiger partial charge in [-0.25, -0.2) is 0 Å². The molecule has 0 atom stereocenters. The lowest BCUT2D eigenvalue weighted by atomic mass is 10.1. The van der Waals surface area contributed by atoms with Crippen LogP contribution in [0.4, 0.5) is 0 Å². The molecule has 8 nitrogen and oxygen atoms in total. The fourth-order valence-electron chi connectivity index (χ4n) is 3.31. The van der Waals surface area contributed by atoms with Gasteiger partial charge in [0.2, 0.25) is 0 Å². The number of ether oxygens (including phenoxy) is 1. The van der Waals surface area contributed by atoms with E-state index in [9.17, 15) is 4.79 Å². The zero-order chi connectivity index (χ0) is 19.5. The summed E-state index contributed by atoms with van der Waals surface area (Å²) in [5, 5.41) is 11.4. The number of carbonyl (C=O) groups is 1. The van der Waals surface area contributed by atoms with Gasteiger partial charge >= 0.3 is 0 Å². The minimum absolute atomic E-state index is 0.220. The average Bonchev–Trinajstić information content (AvgIpc) is 3.30. The van der Waals surface area contributed by atoms with E-state index in [0.717, 1.165) is 43.1 Å². The van der Waals surface area contributed by atoms with Gasteiger partial charge in [0, 0.05) is 31.3 Å². The van der Waals surface area contributed by atoms with Gasteiger partial charge in [-0.05, 0) is 31.7 Å². The first-order valence-electron chi connectivity index (χ1n) is 9.26. The molecule has 0 saturated carbocycles. The summed E-state index contributed by atoms with van der Waals surface area (Å²) in [4.78, 5) is 14.7. The molecule has 1 aliphatic heterocycles. The molecule has 0 spiro atoms. The molecular formula is C20H23N5O3. The maximum atomic E-state index is 12.5. The maximum Gasteiger partial charge on any atom is 0.272 e. The van der Waals surface area contributed by atoms with Crippen LogP contribution in [-0.4, -0.2) is 46.4 Å². The summed E-state index contributed by atoms with van der Waals surface area (Å²) in [6.07, 6.45) is 1.03. The normalized spacial score (nSPS) is 14.4. The van der Waals surface area contributed by atoms with E-state index >= 15 is 0 Å². The molecule has 0 radical (unpaired) electrons. The third-order valence-corrected chi connectivity index (χ3v) is 4.79. The Kier molecular flexibility index (Phi) is 5.12. The van der Waals surface area contributed by atoms with Crippen molar-refractivity contribution in [3.05, 3.63) is 53.5 Å². The van der Waals surface area contributed by atoms with E-state index in [4.69, 9.17) is 9.26 Å². The Morgan fingerprint density at radius 1 is 1.29 bits per heavy atom. The lowest BCUT2D eigenvalue weighted by Gasteiger charge is -2.10. The first-order chi connectivity index (χ1) is 13.6. The Morgan fingerprint density at radius 3 is 3.04 bits per heavy atom. The summed E-state index contributed by atoms with van der Waals surface area (Å²) in [7, 11) is 3.70. The quantitative estimate of drug-likeness (QED) is 0.730. The number of hydrogen-bond acceptors (Lipinski definition) is 6. The van der Waals surface area contributed by atoms with Crippen LogP contribution in [-0.2, 0) is 19.6 Å². The third kappa shape index (κ3) is 3.91. The fraction of sp³-hybridized carbons (Fsp3) is 0.350. The molecule has 0 unspecified atom stereocenters. The van der Waals surface area contributed by atoms with E-state index < -0.39 is 0 Å². The second-order valence-electron chi connectivity index (χ2n) is 6.93. The Bertz CT molecular complexity index is 978. The number of hydrogen-bond donors (Lipinski definition) is 1. The first kappa shape index (κ1) is 18.2. The van der Waals surface area contributed by atoms with Crippen molar-refractivity contribution in [2.24, 2.45) is 0 Å². The molecule has 28 heavy (non-hydrogen) atoms. The van der Waals surface area contributed by atoms with E-state index in [2.05, 4.69) is 27.5 Å². The van der Waals surface area contributed by atoms with Crippen molar-refractivity contribution in [1.29, 1.82) is 0 Å². The maximum absolute atomic E-state index is 12.5. The van der Waals surface area contributed by atoms with Crippen molar-refractivity contribution >= 4 is 5.91 Å². The van der Waals surface area contributed by atoms with Gasteiger partial charge in [0.15, 0.2) is 11.5 Å². The third-order valence-electron chi connectivity index (χ3n) is 4.79. The average molecular weight is 381 g/mol. The number of benzene rings is 1. The van der Waals surface area contributed by atoms with Gasteiger partial charge in [-0.2, -0.15) is 5.10 Å². The predicted molar refractivity (Wildman–Crippen MR) is 103 cm³/mol. The SMILES string of the molecule is COc1cccc(-c2cc(CNC(=O)c3cc4n(n3)CCCN(C)C4)on2)c1. The van der Waals surface area contributed by atoms with Crippen molar-refractivity contribution in [3.8, 4) is 17.0 Å². The summed E-state index contributed by atoms with van der Waals surface area (Å²) >= 11 is 0. The van der Waals surface area contributed by atoms with Crippen molar-refractivity contribution < 1.29 is 14.1 Å². The number of amides is 1. The fourth-order valence-corrected chi connectivity index (χ4v) is 3.31. The molecule has 1 N–H and O–H groups in total. The van der Waals surface area contributed by atoms with Gasteiger partial charge in [0.25, 0.3) is 5.91 Å². The highest BCUT2D eigenvalue weighted by Crippen LogP contribution is 2.23. The van der Waals surface area contributed by atoms with Crippen LogP contribution in [0.3, 0.4) is 0 Å². The van der Waals surface area contributed by atoms with Crippen LogP contribution in [0.2, 0.25) is 0 Å². The van der Waals surface area contributed by atoms with E-state index in [1.165, 1.54) is 0 Å². The zero-order valence-corrected chi connectivity index (χ0v) is 16.0. The summed E-state index contributed by atoms with van der Waals surface area (Å²) in [6, 6.07) is 11.2. The van der Waals surface area contributed by atoms with Crippen molar-refractivity contribution in [1.82, 2.24) is 25.2 Å². The lowest BCUT2D eigenvalue weighted by Crippen LogP contribution is -2.23. The minimum atomic E-state index is -0.220. The van der Waals surface area contributed by atoms with Gasteiger partial charge in [-0.3, -0.25) is 9.48 Å². The predicted octanol–water partition coefficient (Wildman–Crippen LogP) is 2.31. The number of aromatic nitrogens is 3. The van der Waals surface area contributed by atoms with E-state index in [0.29, 0.717) is 17.1 Å². The molecule has 0 bridgehead atoms. The van der Waals surface area contributed by atoms with Gasteiger partial charge < -0.3 is 19.5 Å². The number of nitrogens with one attached hydrogen (secondary N) is 1. The Hall–Kier alpha value is -3.13. The molecule has 0 aliphatic carbocycles. The van der Waals surface area contributed by atoms with Gasteiger partial charge in [-0.15, -0.1) is 0 Å². The zero-order valence-electron chi connectivity index (χ0n) is 16.0. The van der Waals surface area contributed by atoms with E-state index in [1.807, 2.05) is 41.1 Å². The lowest BCUT2D eigenvalue weighted by molar-refractivity contribution is 0.0941. The Balaban J connectivity index is 1.40. The molecule has 1 aliphatic rings.